The highest BCUT2D eigenvalue weighted by Gasteiger charge is 2.25. The van der Waals surface area contributed by atoms with Crippen LogP contribution in [-0.2, 0) is 0 Å². The van der Waals surface area contributed by atoms with Gasteiger partial charge in [-0.2, -0.15) is 0 Å². The van der Waals surface area contributed by atoms with E-state index in [0.717, 1.165) is 11.3 Å². The van der Waals surface area contributed by atoms with Crippen LogP contribution in [0.15, 0.2) is 30.3 Å². The van der Waals surface area contributed by atoms with Crippen LogP contribution in [0.2, 0.25) is 0 Å². The molecule has 1 aromatic carbocycles. The fourth-order valence-corrected chi connectivity index (χ4v) is 3.24. The normalized spacial score (nSPS) is 12.2. The van der Waals surface area contributed by atoms with Gasteiger partial charge in [-0.05, 0) is 32.9 Å². The molecular weight excluding hydrogens is 288 g/mol. The van der Waals surface area contributed by atoms with Gasteiger partial charge in [0.1, 0.15) is 0 Å². The number of hydrogen-bond acceptors (Lipinski definition) is 5. The lowest BCUT2D eigenvalue weighted by Crippen LogP contribution is -2.15. The molecule has 1 atom stereocenters. The molecule has 1 heterocycles. The van der Waals surface area contributed by atoms with Gasteiger partial charge in [0, 0.05) is 23.2 Å². The highest BCUT2D eigenvalue weighted by atomic mass is 32.1. The van der Waals surface area contributed by atoms with Crippen molar-refractivity contribution in [3.63, 3.8) is 0 Å². The summed E-state index contributed by atoms with van der Waals surface area (Å²) in [6.07, 6.45) is -0.709. The van der Waals surface area contributed by atoms with E-state index >= 15 is 0 Å². The summed E-state index contributed by atoms with van der Waals surface area (Å²) in [5.74, 6) is 0. The lowest BCUT2D eigenvalue weighted by molar-refractivity contribution is -0.383. The lowest BCUT2D eigenvalue weighted by atomic mass is 10.2. The van der Waals surface area contributed by atoms with Gasteiger partial charge in [0.2, 0.25) is 0 Å². The molecule has 0 aliphatic heterocycles. The summed E-state index contributed by atoms with van der Waals surface area (Å²) in [5.41, 5.74) is 2.09. The van der Waals surface area contributed by atoms with Gasteiger partial charge < -0.3 is 10.0 Å². The van der Waals surface area contributed by atoms with Crippen molar-refractivity contribution in [1.29, 1.82) is 0 Å². The number of thiophene rings is 1. The van der Waals surface area contributed by atoms with Crippen LogP contribution in [0.25, 0.3) is 0 Å². The first-order valence-electron chi connectivity index (χ1n) is 6.74. The third kappa shape index (κ3) is 3.22. The number of aliphatic hydroxyl groups is 1. The Morgan fingerprint density at radius 1 is 1.38 bits per heavy atom. The van der Waals surface area contributed by atoms with Crippen molar-refractivity contribution in [2.75, 3.05) is 11.4 Å². The van der Waals surface area contributed by atoms with Gasteiger partial charge in [-0.3, -0.25) is 10.1 Å². The van der Waals surface area contributed by atoms with Crippen molar-refractivity contribution in [3.05, 3.63) is 50.9 Å². The number of hydrogen-bond donors (Lipinski definition) is 1. The van der Waals surface area contributed by atoms with Crippen molar-refractivity contribution in [2.24, 2.45) is 0 Å². The second-order valence-corrected chi connectivity index (χ2v) is 5.91. The molecule has 1 aromatic heterocycles. The molecule has 0 fully saturated rings. The van der Waals surface area contributed by atoms with Crippen LogP contribution >= 0.6 is 11.3 Å². The van der Waals surface area contributed by atoms with E-state index in [-0.39, 0.29) is 5.69 Å². The molecule has 112 valence electrons. The molecule has 6 heteroatoms. The van der Waals surface area contributed by atoms with Gasteiger partial charge in [-0.1, -0.05) is 17.7 Å². The van der Waals surface area contributed by atoms with Crippen LogP contribution in [0.1, 0.15) is 30.4 Å². The Kier molecular flexibility index (Phi) is 4.59. The van der Waals surface area contributed by atoms with Gasteiger partial charge in [-0.15, -0.1) is 11.3 Å². The minimum atomic E-state index is -0.709. The molecule has 0 spiro atoms. The molecule has 0 bridgehead atoms. The van der Waals surface area contributed by atoms with E-state index in [4.69, 9.17) is 0 Å². The molecule has 21 heavy (non-hydrogen) atoms. The predicted molar refractivity (Wildman–Crippen MR) is 85.5 cm³/mol. The van der Waals surface area contributed by atoms with Crippen molar-refractivity contribution < 1.29 is 10.0 Å². The first kappa shape index (κ1) is 15.5. The molecule has 0 amide bonds. The molecule has 0 radical (unpaired) electrons. The minimum absolute atomic E-state index is 0.0401. The zero-order chi connectivity index (χ0) is 15.6. The van der Waals surface area contributed by atoms with Crippen molar-refractivity contribution in [2.45, 2.75) is 26.9 Å². The van der Waals surface area contributed by atoms with Gasteiger partial charge in [-0.25, -0.2) is 0 Å². The van der Waals surface area contributed by atoms with Crippen LogP contribution in [0.3, 0.4) is 0 Å². The Bertz CT molecular complexity index is 635. The van der Waals surface area contributed by atoms with Gasteiger partial charge >= 0.3 is 5.69 Å². The summed E-state index contributed by atoms with van der Waals surface area (Å²) in [7, 11) is 0. The maximum absolute atomic E-state index is 11.3. The fraction of sp³-hybridized carbons (Fsp3) is 0.333. The van der Waals surface area contributed by atoms with E-state index in [1.165, 1.54) is 17.4 Å². The van der Waals surface area contributed by atoms with E-state index in [0.29, 0.717) is 16.4 Å². The number of nitro groups is 1. The molecule has 2 aromatic rings. The highest BCUT2D eigenvalue weighted by Crippen LogP contribution is 2.42. The van der Waals surface area contributed by atoms with Gasteiger partial charge in [0.05, 0.1) is 11.0 Å². The predicted octanol–water partition coefficient (Wildman–Crippen LogP) is 4.18. The average molecular weight is 306 g/mol. The number of aryl methyl sites for hydroxylation is 1. The SMILES string of the molecule is CCN(c1ccc(C)cc1)c1sc([C@@H](C)O)cc1[N+](=O)[O-]. The largest absolute Gasteiger partial charge is 0.388 e. The van der Waals surface area contributed by atoms with Crippen LogP contribution in [-0.4, -0.2) is 16.6 Å². The standard InChI is InChI=1S/C15H18N2O3S/c1-4-16(12-7-5-10(2)6-8-12)15-13(17(19)20)9-14(21-15)11(3)18/h5-9,11,18H,4H2,1-3H3/t11-/m1/s1. The topological polar surface area (TPSA) is 66.6 Å². The first-order valence-corrected chi connectivity index (χ1v) is 7.56. The summed E-state index contributed by atoms with van der Waals surface area (Å²) in [4.78, 5) is 13.4. The Morgan fingerprint density at radius 3 is 2.48 bits per heavy atom. The summed E-state index contributed by atoms with van der Waals surface area (Å²) < 4.78 is 0. The van der Waals surface area contributed by atoms with Crippen LogP contribution in [0.5, 0.6) is 0 Å². The fourth-order valence-electron chi connectivity index (χ4n) is 2.09. The number of rotatable bonds is 5. The van der Waals surface area contributed by atoms with E-state index in [1.54, 1.807) is 6.92 Å². The average Bonchev–Trinajstić information content (AvgIpc) is 2.87. The van der Waals surface area contributed by atoms with Crippen molar-refractivity contribution >= 4 is 27.7 Å². The number of benzene rings is 1. The molecule has 0 saturated heterocycles. The van der Waals surface area contributed by atoms with Crippen LogP contribution < -0.4 is 4.90 Å². The first-order chi connectivity index (χ1) is 9.93. The number of nitrogens with zero attached hydrogens (tertiary/aromatic N) is 2. The number of anilines is 2. The summed E-state index contributed by atoms with van der Waals surface area (Å²) in [6, 6.07) is 9.32. The minimum Gasteiger partial charge on any atom is -0.388 e. The zero-order valence-electron chi connectivity index (χ0n) is 12.2. The Morgan fingerprint density at radius 2 is 2.00 bits per heavy atom. The van der Waals surface area contributed by atoms with E-state index < -0.39 is 11.0 Å². The second-order valence-electron chi connectivity index (χ2n) is 4.85. The van der Waals surface area contributed by atoms with Crippen LogP contribution in [0.4, 0.5) is 16.4 Å². The van der Waals surface area contributed by atoms with Crippen LogP contribution in [0, 0.1) is 17.0 Å². The zero-order valence-corrected chi connectivity index (χ0v) is 13.1. The Labute approximate surface area is 127 Å². The molecular formula is C15H18N2O3S. The quantitative estimate of drug-likeness (QED) is 0.665. The Balaban J connectivity index is 2.50. The van der Waals surface area contributed by atoms with E-state index in [2.05, 4.69) is 0 Å². The molecule has 1 N–H and O–H groups in total. The van der Waals surface area contributed by atoms with E-state index in [9.17, 15) is 15.2 Å². The van der Waals surface area contributed by atoms with Gasteiger partial charge in [0.25, 0.3) is 0 Å². The monoisotopic (exact) mass is 306 g/mol. The smallest absolute Gasteiger partial charge is 0.304 e. The third-order valence-corrected chi connectivity index (χ3v) is 4.55. The summed E-state index contributed by atoms with van der Waals surface area (Å²) in [6.45, 7) is 6.18. The molecule has 2 rings (SSSR count). The van der Waals surface area contributed by atoms with Gasteiger partial charge in [0.15, 0.2) is 5.00 Å². The van der Waals surface area contributed by atoms with E-state index in [1.807, 2.05) is 43.0 Å². The second kappa shape index (κ2) is 6.24. The molecule has 5 nitrogen and oxygen atoms in total. The van der Waals surface area contributed by atoms with Crippen molar-refractivity contribution in [3.8, 4) is 0 Å². The molecule has 0 aliphatic carbocycles. The molecule has 0 saturated carbocycles. The van der Waals surface area contributed by atoms with Crippen molar-refractivity contribution in [1.82, 2.24) is 0 Å². The molecule has 0 unspecified atom stereocenters. The summed E-state index contributed by atoms with van der Waals surface area (Å²) >= 11 is 1.26. The highest BCUT2D eigenvalue weighted by molar-refractivity contribution is 7.16. The number of aliphatic hydroxyl groups excluding tert-OH is 1. The maximum Gasteiger partial charge on any atom is 0.304 e. The lowest BCUT2D eigenvalue weighted by Gasteiger charge is -2.21. The molecule has 0 aliphatic rings. The third-order valence-electron chi connectivity index (χ3n) is 3.23. The maximum atomic E-state index is 11.3. The summed E-state index contributed by atoms with van der Waals surface area (Å²) in [5, 5.41) is 21.5. The Hall–Kier alpha value is -1.92.